The van der Waals surface area contributed by atoms with E-state index in [1.807, 2.05) is 0 Å². The minimum atomic E-state index is -1.17. The number of hydrogen-bond acceptors (Lipinski definition) is 5. The van der Waals surface area contributed by atoms with Crippen molar-refractivity contribution in [3.8, 4) is 0 Å². The standard InChI is InChI=1S/C17H28O5/c1-19-16(18)22-11-6-4-5-7-12-13(10-11)15-9-8-14(12)17(15,20-2)21-3/h4,6,11-16,18H,5,7-10H2,1-3H3. The molecule has 6 unspecified atom stereocenters. The second kappa shape index (κ2) is 6.57. The van der Waals surface area contributed by atoms with Crippen LogP contribution in [0.5, 0.6) is 0 Å². The maximum atomic E-state index is 9.61. The zero-order valence-electron chi connectivity index (χ0n) is 13.7. The van der Waals surface area contributed by atoms with Crippen LogP contribution in [0, 0.1) is 23.7 Å². The molecule has 5 heteroatoms. The van der Waals surface area contributed by atoms with Gasteiger partial charge in [-0.25, -0.2) is 0 Å². The Balaban J connectivity index is 1.80. The van der Waals surface area contributed by atoms with Gasteiger partial charge in [-0.05, 0) is 43.9 Å². The molecular formula is C17H28O5. The first-order valence-electron chi connectivity index (χ1n) is 8.29. The van der Waals surface area contributed by atoms with Crippen molar-refractivity contribution in [3.63, 3.8) is 0 Å². The monoisotopic (exact) mass is 312 g/mol. The van der Waals surface area contributed by atoms with Crippen LogP contribution < -0.4 is 0 Å². The third kappa shape index (κ3) is 2.53. The minimum absolute atomic E-state index is 0.117. The second-order valence-electron chi connectivity index (χ2n) is 6.71. The molecule has 0 saturated heterocycles. The van der Waals surface area contributed by atoms with Crippen LogP contribution in [0.2, 0.25) is 0 Å². The van der Waals surface area contributed by atoms with Gasteiger partial charge in [0, 0.05) is 33.2 Å². The number of methoxy groups -OCH3 is 3. The molecule has 0 amide bonds. The molecule has 0 radical (unpaired) electrons. The Morgan fingerprint density at radius 2 is 1.73 bits per heavy atom. The summed E-state index contributed by atoms with van der Waals surface area (Å²) in [5.74, 6) is 1.57. The second-order valence-corrected chi connectivity index (χ2v) is 6.71. The summed E-state index contributed by atoms with van der Waals surface area (Å²) in [5, 5.41) is 9.61. The molecule has 1 N–H and O–H groups in total. The molecule has 6 atom stereocenters. The third-order valence-electron chi connectivity index (χ3n) is 6.06. The van der Waals surface area contributed by atoms with Crippen LogP contribution in [0.15, 0.2) is 12.2 Å². The van der Waals surface area contributed by atoms with Crippen molar-refractivity contribution in [2.45, 2.75) is 50.5 Å². The summed E-state index contributed by atoms with van der Waals surface area (Å²) in [5.41, 5.74) is 0. The maximum absolute atomic E-state index is 9.61. The Morgan fingerprint density at radius 3 is 2.36 bits per heavy atom. The van der Waals surface area contributed by atoms with Gasteiger partial charge in [0.15, 0.2) is 5.79 Å². The van der Waals surface area contributed by atoms with Gasteiger partial charge in [0.2, 0.25) is 0 Å². The first-order valence-corrected chi connectivity index (χ1v) is 8.29. The average Bonchev–Trinajstić information content (AvgIpc) is 2.99. The smallest absolute Gasteiger partial charge is 0.269 e. The summed E-state index contributed by atoms with van der Waals surface area (Å²) in [6, 6.07) is 0. The molecule has 5 nitrogen and oxygen atoms in total. The van der Waals surface area contributed by atoms with Crippen LogP contribution in [0.3, 0.4) is 0 Å². The Morgan fingerprint density at radius 1 is 1.05 bits per heavy atom. The molecule has 3 aliphatic carbocycles. The Hall–Kier alpha value is -0.460. The van der Waals surface area contributed by atoms with Gasteiger partial charge in [0.05, 0.1) is 6.10 Å². The van der Waals surface area contributed by atoms with Crippen molar-refractivity contribution in [2.24, 2.45) is 23.7 Å². The Kier molecular flexibility index (Phi) is 4.90. The fraction of sp³-hybridized carbons (Fsp3) is 0.882. The van der Waals surface area contributed by atoms with Gasteiger partial charge in [0.1, 0.15) is 0 Å². The lowest BCUT2D eigenvalue weighted by Gasteiger charge is -2.33. The van der Waals surface area contributed by atoms with Crippen molar-refractivity contribution >= 4 is 0 Å². The first kappa shape index (κ1) is 16.4. The van der Waals surface area contributed by atoms with Crippen molar-refractivity contribution in [1.29, 1.82) is 0 Å². The van der Waals surface area contributed by atoms with E-state index in [1.165, 1.54) is 20.0 Å². The topological polar surface area (TPSA) is 57.2 Å². The van der Waals surface area contributed by atoms with Crippen LogP contribution in [0.1, 0.15) is 32.1 Å². The summed E-state index contributed by atoms with van der Waals surface area (Å²) in [7, 11) is 4.99. The molecule has 0 spiro atoms. The van der Waals surface area contributed by atoms with Crippen LogP contribution in [-0.4, -0.2) is 44.8 Å². The minimum Gasteiger partial charge on any atom is -0.353 e. The molecule has 22 heavy (non-hydrogen) atoms. The van der Waals surface area contributed by atoms with Gasteiger partial charge in [-0.15, -0.1) is 0 Å². The van der Waals surface area contributed by atoms with E-state index in [0.717, 1.165) is 19.3 Å². The average molecular weight is 312 g/mol. The zero-order chi connectivity index (χ0) is 15.7. The molecule has 0 aliphatic heterocycles. The Labute approximate surface area is 132 Å². The van der Waals surface area contributed by atoms with Crippen LogP contribution in [0.25, 0.3) is 0 Å². The highest BCUT2D eigenvalue weighted by molar-refractivity contribution is 5.11. The number of allylic oxidation sites excluding steroid dienone is 1. The van der Waals surface area contributed by atoms with E-state index in [1.54, 1.807) is 14.2 Å². The molecule has 0 heterocycles. The number of hydrogen-bond donors (Lipinski definition) is 1. The van der Waals surface area contributed by atoms with Gasteiger partial charge in [-0.1, -0.05) is 12.2 Å². The summed E-state index contributed by atoms with van der Waals surface area (Å²) in [6.07, 6.45) is 9.54. The highest BCUT2D eigenvalue weighted by Gasteiger charge is 2.64. The molecule has 0 aromatic rings. The SMILES string of the molecule is COC(O)OC1C=CCCC2C(C1)C1CCC2C1(OC)OC. The highest BCUT2D eigenvalue weighted by atomic mass is 16.8. The highest BCUT2D eigenvalue weighted by Crippen LogP contribution is 2.62. The number of aliphatic hydroxyl groups excluding tert-OH is 1. The van der Waals surface area contributed by atoms with Gasteiger partial charge in [0.25, 0.3) is 6.48 Å². The zero-order valence-corrected chi connectivity index (χ0v) is 13.7. The van der Waals surface area contributed by atoms with E-state index in [-0.39, 0.29) is 6.10 Å². The van der Waals surface area contributed by atoms with E-state index >= 15 is 0 Å². The molecule has 2 fully saturated rings. The van der Waals surface area contributed by atoms with E-state index in [0.29, 0.717) is 23.7 Å². The van der Waals surface area contributed by atoms with Gasteiger partial charge >= 0.3 is 0 Å². The van der Waals surface area contributed by atoms with Crippen molar-refractivity contribution in [3.05, 3.63) is 12.2 Å². The summed E-state index contributed by atoms with van der Waals surface area (Å²) >= 11 is 0. The van der Waals surface area contributed by atoms with E-state index in [4.69, 9.17) is 18.9 Å². The van der Waals surface area contributed by atoms with E-state index in [9.17, 15) is 5.11 Å². The van der Waals surface area contributed by atoms with Crippen LogP contribution in [-0.2, 0) is 18.9 Å². The lowest BCUT2D eigenvalue weighted by Crippen LogP contribution is -2.40. The van der Waals surface area contributed by atoms with Crippen molar-refractivity contribution in [1.82, 2.24) is 0 Å². The van der Waals surface area contributed by atoms with Gasteiger partial charge < -0.3 is 24.1 Å². The fourth-order valence-electron chi connectivity index (χ4n) is 5.29. The predicted octanol–water partition coefficient (Wildman–Crippen LogP) is 2.30. The molecule has 0 aromatic heterocycles. The predicted molar refractivity (Wildman–Crippen MR) is 80.8 cm³/mol. The fourth-order valence-corrected chi connectivity index (χ4v) is 5.29. The number of ether oxygens (including phenoxy) is 4. The van der Waals surface area contributed by atoms with Gasteiger partial charge in [-0.2, -0.15) is 0 Å². The lowest BCUT2D eigenvalue weighted by atomic mass is 9.73. The molecular weight excluding hydrogens is 284 g/mol. The third-order valence-corrected chi connectivity index (χ3v) is 6.06. The van der Waals surface area contributed by atoms with Crippen LogP contribution >= 0.6 is 0 Å². The molecule has 0 aromatic carbocycles. The van der Waals surface area contributed by atoms with E-state index < -0.39 is 12.3 Å². The maximum Gasteiger partial charge on any atom is 0.269 e. The Bertz CT molecular complexity index is 406. The van der Waals surface area contributed by atoms with Crippen molar-refractivity contribution < 1.29 is 24.1 Å². The van der Waals surface area contributed by atoms with Crippen molar-refractivity contribution in [2.75, 3.05) is 21.3 Å². The number of fused-ring (bicyclic) bond motifs is 5. The normalized spacial score (nSPS) is 41.0. The molecule has 2 saturated carbocycles. The lowest BCUT2D eigenvalue weighted by molar-refractivity contribution is -0.266. The number of aliphatic hydroxyl groups is 1. The molecule has 2 bridgehead atoms. The quantitative estimate of drug-likeness (QED) is 0.623. The molecule has 3 aliphatic rings. The summed E-state index contributed by atoms with van der Waals surface area (Å²) in [4.78, 5) is 0. The van der Waals surface area contributed by atoms with Crippen LogP contribution in [0.4, 0.5) is 0 Å². The van der Waals surface area contributed by atoms with Gasteiger partial charge in [-0.3, -0.25) is 0 Å². The molecule has 3 rings (SSSR count). The molecule has 126 valence electrons. The number of rotatable bonds is 5. The largest absolute Gasteiger partial charge is 0.353 e. The summed E-state index contributed by atoms with van der Waals surface area (Å²) in [6.45, 7) is -1.17. The van der Waals surface area contributed by atoms with E-state index in [2.05, 4.69) is 12.2 Å². The first-order chi connectivity index (χ1) is 10.7. The summed E-state index contributed by atoms with van der Waals surface area (Å²) < 4.78 is 22.2.